The second-order valence-corrected chi connectivity index (χ2v) is 8.36. The number of benzene rings is 1. The topological polar surface area (TPSA) is 61.4 Å². The average molecular weight is 386 g/mol. The maximum absolute atomic E-state index is 12.4. The number of rotatable bonds is 6. The number of likely N-dealkylation sites (tertiary alicyclic amines) is 1. The highest BCUT2D eigenvalue weighted by molar-refractivity contribution is 5.79. The molecule has 0 spiro atoms. The molecule has 2 amide bonds. The van der Waals surface area contributed by atoms with E-state index in [4.69, 9.17) is 0 Å². The molecule has 154 valence electrons. The van der Waals surface area contributed by atoms with Crippen molar-refractivity contribution in [3.05, 3.63) is 35.9 Å². The molecule has 5 nitrogen and oxygen atoms in total. The van der Waals surface area contributed by atoms with E-state index in [1.54, 1.807) is 0 Å². The zero-order chi connectivity index (χ0) is 19.6. The van der Waals surface area contributed by atoms with Crippen molar-refractivity contribution >= 4 is 11.8 Å². The second-order valence-electron chi connectivity index (χ2n) is 8.36. The summed E-state index contributed by atoms with van der Waals surface area (Å²) in [6, 6.07) is 10.4. The summed E-state index contributed by atoms with van der Waals surface area (Å²) in [6.45, 7) is 2.70. The van der Waals surface area contributed by atoms with Crippen molar-refractivity contribution in [1.29, 1.82) is 0 Å². The Morgan fingerprint density at radius 3 is 2.21 bits per heavy atom. The van der Waals surface area contributed by atoms with Gasteiger partial charge in [0.25, 0.3) is 0 Å². The van der Waals surface area contributed by atoms with E-state index in [1.165, 1.54) is 32.1 Å². The van der Waals surface area contributed by atoms with E-state index in [0.29, 0.717) is 19.1 Å². The summed E-state index contributed by atoms with van der Waals surface area (Å²) in [4.78, 5) is 27.0. The quantitative estimate of drug-likeness (QED) is 0.790. The summed E-state index contributed by atoms with van der Waals surface area (Å²) in [7, 11) is 0. The molecule has 1 aliphatic carbocycles. The Labute approximate surface area is 169 Å². The van der Waals surface area contributed by atoms with E-state index in [1.807, 2.05) is 30.3 Å². The van der Waals surface area contributed by atoms with Crippen LogP contribution in [-0.4, -0.2) is 42.4 Å². The fraction of sp³-hybridized carbons (Fsp3) is 0.652. The first-order chi connectivity index (χ1) is 13.7. The van der Waals surface area contributed by atoms with Crippen LogP contribution >= 0.6 is 0 Å². The zero-order valence-electron chi connectivity index (χ0n) is 17.0. The molecule has 0 radical (unpaired) electrons. The van der Waals surface area contributed by atoms with E-state index in [0.717, 1.165) is 44.3 Å². The van der Waals surface area contributed by atoms with Crippen LogP contribution in [0.15, 0.2) is 30.3 Å². The molecule has 28 heavy (non-hydrogen) atoms. The fourth-order valence-electron chi connectivity index (χ4n) is 4.36. The molecule has 0 atom stereocenters. The van der Waals surface area contributed by atoms with Gasteiger partial charge in [0.15, 0.2) is 0 Å². The van der Waals surface area contributed by atoms with Gasteiger partial charge >= 0.3 is 0 Å². The maximum atomic E-state index is 12.4. The number of carbonyl (C=O) groups excluding carboxylic acids is 2. The summed E-state index contributed by atoms with van der Waals surface area (Å²) < 4.78 is 0. The predicted molar refractivity (Wildman–Crippen MR) is 112 cm³/mol. The normalized spacial score (nSPS) is 20.1. The second kappa shape index (κ2) is 11.2. The molecule has 1 aromatic rings. The Kier molecular flexibility index (Phi) is 8.34. The molecule has 1 saturated carbocycles. The van der Waals surface area contributed by atoms with Gasteiger partial charge in [-0.2, -0.15) is 0 Å². The zero-order valence-corrected chi connectivity index (χ0v) is 17.0. The summed E-state index contributed by atoms with van der Waals surface area (Å²) in [5, 5.41) is 6.30. The van der Waals surface area contributed by atoms with Gasteiger partial charge in [0.2, 0.25) is 11.8 Å². The Morgan fingerprint density at radius 1 is 0.893 bits per heavy atom. The first-order valence-corrected chi connectivity index (χ1v) is 11.0. The number of nitrogens with one attached hydrogen (secondary N) is 2. The molecule has 5 heteroatoms. The van der Waals surface area contributed by atoms with Crippen molar-refractivity contribution in [2.24, 2.45) is 5.92 Å². The van der Waals surface area contributed by atoms with Gasteiger partial charge in [-0.3, -0.25) is 14.5 Å². The molecule has 0 bridgehead atoms. The highest BCUT2D eigenvalue weighted by Gasteiger charge is 2.26. The third-order valence-electron chi connectivity index (χ3n) is 6.11. The van der Waals surface area contributed by atoms with Crippen LogP contribution in [0.25, 0.3) is 0 Å². The molecule has 0 unspecified atom stereocenters. The summed E-state index contributed by atoms with van der Waals surface area (Å²) in [6.07, 6.45) is 10.3. The minimum atomic E-state index is 0.0635. The van der Waals surface area contributed by atoms with E-state index >= 15 is 0 Å². The fourth-order valence-corrected chi connectivity index (χ4v) is 4.36. The van der Waals surface area contributed by atoms with Gasteiger partial charge < -0.3 is 10.6 Å². The van der Waals surface area contributed by atoms with Crippen LogP contribution < -0.4 is 10.6 Å². The van der Waals surface area contributed by atoms with Gasteiger partial charge in [-0.1, -0.05) is 62.4 Å². The lowest BCUT2D eigenvalue weighted by molar-refractivity contribution is -0.127. The molecule has 0 aromatic heterocycles. The minimum absolute atomic E-state index is 0.0635. The molecule has 1 saturated heterocycles. The Balaban J connectivity index is 1.34. The highest BCUT2D eigenvalue weighted by atomic mass is 16.2. The van der Waals surface area contributed by atoms with Gasteiger partial charge in [-0.15, -0.1) is 0 Å². The van der Waals surface area contributed by atoms with Crippen LogP contribution in [0.1, 0.15) is 63.4 Å². The van der Waals surface area contributed by atoms with Gasteiger partial charge in [0.05, 0.1) is 6.54 Å². The SMILES string of the molecule is O=C(CN1CCC(C(=O)NCc2ccccc2)CC1)NC1CCCCCCC1. The number of carbonyl (C=O) groups is 2. The van der Waals surface area contributed by atoms with Gasteiger partial charge in [0.1, 0.15) is 0 Å². The standard InChI is InChI=1S/C23H35N3O2/c27-22(25-21-11-7-2-1-3-8-12-21)18-26-15-13-20(14-16-26)23(28)24-17-19-9-5-4-6-10-19/h4-6,9-10,20-21H,1-3,7-8,11-18H2,(H,24,28)(H,25,27). The lowest BCUT2D eigenvalue weighted by Crippen LogP contribution is -2.46. The van der Waals surface area contributed by atoms with E-state index in [2.05, 4.69) is 15.5 Å². The number of hydrogen-bond donors (Lipinski definition) is 2. The van der Waals surface area contributed by atoms with Crippen molar-refractivity contribution in [1.82, 2.24) is 15.5 Å². The molecule has 3 rings (SSSR count). The van der Waals surface area contributed by atoms with Crippen molar-refractivity contribution in [2.75, 3.05) is 19.6 Å². The van der Waals surface area contributed by atoms with Gasteiger partial charge in [-0.05, 0) is 44.3 Å². The molecular weight excluding hydrogens is 350 g/mol. The lowest BCUT2D eigenvalue weighted by atomic mass is 9.95. The van der Waals surface area contributed by atoms with E-state index < -0.39 is 0 Å². The Hall–Kier alpha value is -1.88. The van der Waals surface area contributed by atoms with Crippen molar-refractivity contribution < 1.29 is 9.59 Å². The van der Waals surface area contributed by atoms with E-state index in [-0.39, 0.29) is 17.7 Å². The minimum Gasteiger partial charge on any atom is -0.352 e. The number of hydrogen-bond acceptors (Lipinski definition) is 3. The van der Waals surface area contributed by atoms with Crippen molar-refractivity contribution in [2.45, 2.75) is 70.4 Å². The summed E-state index contributed by atoms with van der Waals surface area (Å²) >= 11 is 0. The van der Waals surface area contributed by atoms with Crippen molar-refractivity contribution in [3.63, 3.8) is 0 Å². The molecule has 1 heterocycles. The van der Waals surface area contributed by atoms with Crippen LogP contribution in [0.5, 0.6) is 0 Å². The molecule has 1 aliphatic heterocycles. The number of amides is 2. The molecule has 1 aromatic carbocycles. The summed E-state index contributed by atoms with van der Waals surface area (Å²) in [5.41, 5.74) is 1.12. The molecule has 2 N–H and O–H groups in total. The van der Waals surface area contributed by atoms with Crippen LogP contribution in [0, 0.1) is 5.92 Å². The average Bonchev–Trinajstić information content (AvgIpc) is 2.69. The molecular formula is C23H35N3O2. The first-order valence-electron chi connectivity index (χ1n) is 11.0. The van der Waals surface area contributed by atoms with Crippen LogP contribution in [0.4, 0.5) is 0 Å². The third kappa shape index (κ3) is 6.93. The molecule has 2 fully saturated rings. The van der Waals surface area contributed by atoms with Gasteiger partial charge in [-0.25, -0.2) is 0 Å². The Bertz CT molecular complexity index is 604. The summed E-state index contributed by atoms with van der Waals surface area (Å²) in [5.74, 6) is 0.355. The largest absolute Gasteiger partial charge is 0.352 e. The lowest BCUT2D eigenvalue weighted by Gasteiger charge is -2.31. The van der Waals surface area contributed by atoms with Crippen molar-refractivity contribution in [3.8, 4) is 0 Å². The number of piperidine rings is 1. The predicted octanol–water partition coefficient (Wildman–Crippen LogP) is 3.24. The molecule has 2 aliphatic rings. The van der Waals surface area contributed by atoms with Crippen LogP contribution in [0.2, 0.25) is 0 Å². The maximum Gasteiger partial charge on any atom is 0.234 e. The monoisotopic (exact) mass is 385 g/mol. The first kappa shape index (κ1) is 20.8. The smallest absolute Gasteiger partial charge is 0.234 e. The van der Waals surface area contributed by atoms with Gasteiger partial charge in [0, 0.05) is 18.5 Å². The Morgan fingerprint density at radius 2 is 1.54 bits per heavy atom. The van der Waals surface area contributed by atoms with Crippen LogP contribution in [0.3, 0.4) is 0 Å². The van der Waals surface area contributed by atoms with E-state index in [9.17, 15) is 9.59 Å². The highest BCUT2D eigenvalue weighted by Crippen LogP contribution is 2.19. The number of nitrogens with zero attached hydrogens (tertiary/aromatic N) is 1. The van der Waals surface area contributed by atoms with Crippen LogP contribution in [-0.2, 0) is 16.1 Å². The third-order valence-corrected chi connectivity index (χ3v) is 6.11.